The number of carboxylic acid groups (broad SMARTS) is 1. The number of carbonyl (C=O) groups is 1. The summed E-state index contributed by atoms with van der Waals surface area (Å²) in [7, 11) is 2.00. The molecule has 1 spiro atoms. The maximum absolute atomic E-state index is 11.2. The third-order valence-electron chi connectivity index (χ3n) is 5.42. The van der Waals surface area contributed by atoms with Gasteiger partial charge in [-0.2, -0.15) is 0 Å². The lowest BCUT2D eigenvalue weighted by Crippen LogP contribution is -2.46. The first-order valence-electron chi connectivity index (χ1n) is 7.53. The van der Waals surface area contributed by atoms with Crippen molar-refractivity contribution in [2.45, 2.75) is 76.8 Å². The van der Waals surface area contributed by atoms with Gasteiger partial charge in [-0.3, -0.25) is 9.69 Å². The zero-order valence-corrected chi connectivity index (χ0v) is 11.8. The summed E-state index contributed by atoms with van der Waals surface area (Å²) < 4.78 is 0. The Morgan fingerprint density at radius 2 is 1.83 bits per heavy atom. The molecule has 1 atom stereocenters. The molecule has 104 valence electrons. The molecular formula is C15H27NO2. The van der Waals surface area contributed by atoms with E-state index < -0.39 is 5.97 Å². The molecule has 0 aromatic carbocycles. The number of aliphatic carboxylic acids is 1. The zero-order chi connectivity index (χ0) is 13.2. The highest BCUT2D eigenvalue weighted by atomic mass is 16.4. The molecule has 1 N–H and O–H groups in total. The van der Waals surface area contributed by atoms with Crippen molar-refractivity contribution in [3.63, 3.8) is 0 Å². The molecule has 0 radical (unpaired) electrons. The third kappa shape index (κ3) is 2.71. The van der Waals surface area contributed by atoms with E-state index >= 15 is 0 Å². The van der Waals surface area contributed by atoms with Crippen LogP contribution in [0.25, 0.3) is 0 Å². The van der Waals surface area contributed by atoms with Gasteiger partial charge in [-0.1, -0.05) is 19.8 Å². The van der Waals surface area contributed by atoms with Crippen molar-refractivity contribution < 1.29 is 9.90 Å². The van der Waals surface area contributed by atoms with E-state index in [0.717, 1.165) is 0 Å². The Kier molecular flexibility index (Phi) is 4.31. The monoisotopic (exact) mass is 253 g/mol. The Labute approximate surface area is 111 Å². The van der Waals surface area contributed by atoms with Gasteiger partial charge in [0.1, 0.15) is 6.04 Å². The zero-order valence-electron chi connectivity index (χ0n) is 11.8. The van der Waals surface area contributed by atoms with Crippen molar-refractivity contribution in [3.05, 3.63) is 0 Å². The predicted octanol–water partition coefficient (Wildman–Crippen LogP) is 3.28. The van der Waals surface area contributed by atoms with E-state index in [9.17, 15) is 9.90 Å². The van der Waals surface area contributed by atoms with Gasteiger partial charge in [0, 0.05) is 6.04 Å². The second-order valence-corrected chi connectivity index (χ2v) is 6.37. The van der Waals surface area contributed by atoms with E-state index in [1.807, 2.05) is 14.0 Å². The summed E-state index contributed by atoms with van der Waals surface area (Å²) >= 11 is 0. The maximum Gasteiger partial charge on any atom is 0.320 e. The van der Waals surface area contributed by atoms with Crippen LogP contribution >= 0.6 is 0 Å². The summed E-state index contributed by atoms with van der Waals surface area (Å²) in [5, 5.41) is 9.24. The van der Waals surface area contributed by atoms with Crippen LogP contribution in [-0.4, -0.2) is 35.1 Å². The highest BCUT2D eigenvalue weighted by Crippen LogP contribution is 2.49. The first kappa shape index (κ1) is 13.9. The summed E-state index contributed by atoms with van der Waals surface area (Å²) in [6.07, 6.45) is 11.4. The molecule has 1 unspecified atom stereocenters. The molecule has 3 heteroatoms. The van der Waals surface area contributed by atoms with E-state index in [-0.39, 0.29) is 6.04 Å². The Bertz CT molecular complexity index is 287. The van der Waals surface area contributed by atoms with Crippen molar-refractivity contribution in [1.29, 1.82) is 0 Å². The number of carboxylic acids is 1. The lowest BCUT2D eigenvalue weighted by atomic mass is 9.71. The van der Waals surface area contributed by atoms with Crippen LogP contribution in [0.5, 0.6) is 0 Å². The molecule has 3 nitrogen and oxygen atoms in total. The molecule has 0 bridgehead atoms. The lowest BCUT2D eigenvalue weighted by Gasteiger charge is -2.42. The van der Waals surface area contributed by atoms with Gasteiger partial charge in [0.2, 0.25) is 0 Å². The standard InChI is InChI=1S/C15H27NO2/c1-3-13(14(17)18)16(2)12-6-10-15(11-7-12)8-4-5-9-15/h12-13H,3-11H2,1-2H3,(H,17,18). The minimum Gasteiger partial charge on any atom is -0.480 e. The third-order valence-corrected chi connectivity index (χ3v) is 5.42. The molecule has 2 aliphatic rings. The van der Waals surface area contributed by atoms with E-state index in [1.165, 1.54) is 51.4 Å². The molecular weight excluding hydrogens is 226 g/mol. The molecule has 2 saturated carbocycles. The second kappa shape index (κ2) is 5.60. The minimum absolute atomic E-state index is 0.298. The lowest BCUT2D eigenvalue weighted by molar-refractivity contribution is -0.144. The predicted molar refractivity (Wildman–Crippen MR) is 72.6 cm³/mol. The fourth-order valence-corrected chi connectivity index (χ4v) is 4.14. The molecule has 0 amide bonds. The molecule has 0 aromatic heterocycles. The number of hydrogen-bond acceptors (Lipinski definition) is 2. The van der Waals surface area contributed by atoms with Crippen LogP contribution in [-0.2, 0) is 4.79 Å². The van der Waals surface area contributed by atoms with Crippen LogP contribution in [0.15, 0.2) is 0 Å². The van der Waals surface area contributed by atoms with Gasteiger partial charge in [-0.05, 0) is 57.4 Å². The number of nitrogens with zero attached hydrogens (tertiary/aromatic N) is 1. The summed E-state index contributed by atoms with van der Waals surface area (Å²) in [6, 6.07) is 0.185. The van der Waals surface area contributed by atoms with Gasteiger partial charge in [0.25, 0.3) is 0 Å². The molecule has 18 heavy (non-hydrogen) atoms. The average Bonchev–Trinajstić information content (AvgIpc) is 2.79. The smallest absolute Gasteiger partial charge is 0.320 e. The molecule has 2 rings (SSSR count). The van der Waals surface area contributed by atoms with Gasteiger partial charge in [-0.15, -0.1) is 0 Å². The highest BCUT2D eigenvalue weighted by Gasteiger charge is 2.39. The van der Waals surface area contributed by atoms with Crippen LogP contribution < -0.4 is 0 Å². The van der Waals surface area contributed by atoms with Crippen LogP contribution in [0.4, 0.5) is 0 Å². The quantitative estimate of drug-likeness (QED) is 0.836. The van der Waals surface area contributed by atoms with Crippen LogP contribution in [0.2, 0.25) is 0 Å². The Hall–Kier alpha value is -0.570. The topological polar surface area (TPSA) is 40.5 Å². The van der Waals surface area contributed by atoms with Crippen LogP contribution in [0, 0.1) is 5.41 Å². The maximum atomic E-state index is 11.2. The van der Waals surface area contributed by atoms with Crippen molar-refractivity contribution in [2.75, 3.05) is 7.05 Å². The summed E-state index contributed by atoms with van der Waals surface area (Å²) in [6.45, 7) is 1.97. The summed E-state index contributed by atoms with van der Waals surface area (Å²) in [5.41, 5.74) is 0.641. The SMILES string of the molecule is CCC(C(=O)O)N(C)C1CCC2(CCCC2)CC1. The molecule has 0 saturated heterocycles. The first-order valence-corrected chi connectivity index (χ1v) is 7.53. The highest BCUT2D eigenvalue weighted by molar-refractivity contribution is 5.73. The minimum atomic E-state index is -0.666. The largest absolute Gasteiger partial charge is 0.480 e. The van der Waals surface area contributed by atoms with Crippen molar-refractivity contribution in [1.82, 2.24) is 4.90 Å². The van der Waals surface area contributed by atoms with Crippen molar-refractivity contribution in [3.8, 4) is 0 Å². The van der Waals surface area contributed by atoms with Crippen molar-refractivity contribution in [2.24, 2.45) is 5.41 Å². The van der Waals surface area contributed by atoms with Gasteiger partial charge < -0.3 is 5.11 Å². The van der Waals surface area contributed by atoms with E-state index in [4.69, 9.17) is 0 Å². The molecule has 0 aromatic rings. The summed E-state index contributed by atoms with van der Waals surface area (Å²) in [5.74, 6) is -0.666. The van der Waals surface area contributed by atoms with Gasteiger partial charge in [0.05, 0.1) is 0 Å². The van der Waals surface area contributed by atoms with Gasteiger partial charge in [0.15, 0.2) is 0 Å². The van der Waals surface area contributed by atoms with Crippen molar-refractivity contribution >= 4 is 5.97 Å². The number of hydrogen-bond donors (Lipinski definition) is 1. The fourth-order valence-electron chi connectivity index (χ4n) is 4.14. The number of rotatable bonds is 4. The van der Waals surface area contributed by atoms with E-state index in [1.54, 1.807) is 0 Å². The summed E-state index contributed by atoms with van der Waals surface area (Å²) in [4.78, 5) is 13.3. The molecule has 2 fully saturated rings. The van der Waals surface area contributed by atoms with E-state index in [0.29, 0.717) is 17.9 Å². The van der Waals surface area contributed by atoms with E-state index in [2.05, 4.69) is 4.90 Å². The van der Waals surface area contributed by atoms with Gasteiger partial charge >= 0.3 is 5.97 Å². The first-order chi connectivity index (χ1) is 8.58. The molecule has 0 aliphatic heterocycles. The molecule has 2 aliphatic carbocycles. The van der Waals surface area contributed by atoms with Gasteiger partial charge in [-0.25, -0.2) is 0 Å². The Balaban J connectivity index is 1.90. The average molecular weight is 253 g/mol. The van der Waals surface area contributed by atoms with Crippen LogP contribution in [0.3, 0.4) is 0 Å². The number of likely N-dealkylation sites (N-methyl/N-ethyl adjacent to an activating group) is 1. The fraction of sp³-hybridized carbons (Fsp3) is 0.933. The molecule has 0 heterocycles. The Morgan fingerprint density at radius 3 is 2.28 bits per heavy atom. The normalized spacial score (nSPS) is 25.7. The van der Waals surface area contributed by atoms with Crippen LogP contribution in [0.1, 0.15) is 64.7 Å². The Morgan fingerprint density at radius 1 is 1.28 bits per heavy atom. The second-order valence-electron chi connectivity index (χ2n) is 6.37.